The lowest BCUT2D eigenvalue weighted by Crippen LogP contribution is -2.35. The summed E-state index contributed by atoms with van der Waals surface area (Å²) in [4.78, 5) is 11.1. The van der Waals surface area contributed by atoms with Crippen molar-refractivity contribution in [2.24, 2.45) is 5.92 Å². The van der Waals surface area contributed by atoms with Gasteiger partial charge in [0.05, 0.1) is 13.1 Å². The van der Waals surface area contributed by atoms with Gasteiger partial charge in [0.2, 0.25) is 5.91 Å². The monoisotopic (exact) mass is 180 g/mol. The Hall–Kier alpha value is -1.01. The minimum atomic E-state index is 0.0739. The normalized spacial score (nSPS) is 14.5. The molecule has 0 radical (unpaired) electrons. The lowest BCUT2D eigenvalue weighted by Gasteiger charge is -2.03. The summed E-state index contributed by atoms with van der Waals surface area (Å²) in [5.41, 5.74) is 0. The largest absolute Gasteiger partial charge is 0.355 e. The van der Waals surface area contributed by atoms with Crippen LogP contribution in [0.25, 0.3) is 0 Å². The fraction of sp³-hybridized carbons (Fsp3) is 0.700. The van der Waals surface area contributed by atoms with Crippen LogP contribution in [0.15, 0.2) is 0 Å². The van der Waals surface area contributed by atoms with E-state index in [1.807, 2.05) is 0 Å². The Morgan fingerprint density at radius 2 is 2.31 bits per heavy atom. The minimum Gasteiger partial charge on any atom is -0.355 e. The van der Waals surface area contributed by atoms with Crippen LogP contribution in [0, 0.1) is 17.8 Å². The first-order valence-electron chi connectivity index (χ1n) is 4.70. The number of rotatable bonds is 5. The topological polar surface area (TPSA) is 41.1 Å². The van der Waals surface area contributed by atoms with Gasteiger partial charge in [-0.1, -0.05) is 5.92 Å². The van der Waals surface area contributed by atoms with Gasteiger partial charge in [0.25, 0.3) is 0 Å². The van der Waals surface area contributed by atoms with Crippen molar-refractivity contribution in [3.63, 3.8) is 0 Å². The predicted molar refractivity (Wildman–Crippen MR) is 52.1 cm³/mol. The minimum absolute atomic E-state index is 0.0739. The van der Waals surface area contributed by atoms with E-state index in [0.29, 0.717) is 13.1 Å². The van der Waals surface area contributed by atoms with Crippen LogP contribution in [-0.4, -0.2) is 25.5 Å². The highest BCUT2D eigenvalue weighted by atomic mass is 16.1. The van der Waals surface area contributed by atoms with Gasteiger partial charge in [-0.3, -0.25) is 10.1 Å². The summed E-state index contributed by atoms with van der Waals surface area (Å²) < 4.78 is 0. The van der Waals surface area contributed by atoms with E-state index in [1.165, 1.54) is 12.8 Å². The second-order valence-electron chi connectivity index (χ2n) is 3.28. The molecule has 1 fully saturated rings. The van der Waals surface area contributed by atoms with Crippen molar-refractivity contribution in [1.29, 1.82) is 0 Å². The van der Waals surface area contributed by atoms with Crippen LogP contribution in [0.4, 0.5) is 0 Å². The van der Waals surface area contributed by atoms with Gasteiger partial charge >= 0.3 is 0 Å². The molecule has 72 valence electrons. The zero-order valence-electron chi connectivity index (χ0n) is 8.02. The third-order valence-electron chi connectivity index (χ3n) is 1.96. The first-order valence-corrected chi connectivity index (χ1v) is 4.70. The smallest absolute Gasteiger partial charge is 0.233 e. The zero-order valence-corrected chi connectivity index (χ0v) is 8.02. The number of nitrogens with one attached hydrogen (secondary N) is 2. The SMILES string of the molecule is CC#CCNCC(=O)NCC1CC1. The Bertz CT molecular complexity index is 223. The molecule has 1 rings (SSSR count). The van der Waals surface area contributed by atoms with Crippen molar-refractivity contribution in [3.8, 4) is 11.8 Å². The van der Waals surface area contributed by atoms with E-state index >= 15 is 0 Å². The van der Waals surface area contributed by atoms with E-state index in [0.717, 1.165) is 12.5 Å². The average molecular weight is 180 g/mol. The van der Waals surface area contributed by atoms with Crippen LogP contribution in [0.5, 0.6) is 0 Å². The fourth-order valence-electron chi connectivity index (χ4n) is 0.970. The van der Waals surface area contributed by atoms with E-state index in [4.69, 9.17) is 0 Å². The van der Waals surface area contributed by atoms with Crippen LogP contribution in [0.1, 0.15) is 19.8 Å². The van der Waals surface area contributed by atoms with E-state index in [1.54, 1.807) is 6.92 Å². The molecule has 3 nitrogen and oxygen atoms in total. The quantitative estimate of drug-likeness (QED) is 0.466. The molecule has 0 aromatic heterocycles. The van der Waals surface area contributed by atoms with E-state index in [-0.39, 0.29) is 5.91 Å². The van der Waals surface area contributed by atoms with Gasteiger partial charge in [0.15, 0.2) is 0 Å². The Morgan fingerprint density at radius 3 is 2.92 bits per heavy atom. The van der Waals surface area contributed by atoms with Gasteiger partial charge in [-0.25, -0.2) is 0 Å². The van der Waals surface area contributed by atoms with Gasteiger partial charge in [-0.15, -0.1) is 5.92 Å². The molecule has 0 aromatic rings. The van der Waals surface area contributed by atoms with Crippen LogP contribution < -0.4 is 10.6 Å². The third kappa shape index (κ3) is 5.26. The first-order chi connectivity index (χ1) is 6.33. The maximum atomic E-state index is 11.1. The van der Waals surface area contributed by atoms with Crippen LogP contribution >= 0.6 is 0 Å². The van der Waals surface area contributed by atoms with E-state index < -0.39 is 0 Å². The molecule has 13 heavy (non-hydrogen) atoms. The van der Waals surface area contributed by atoms with Crippen LogP contribution in [0.3, 0.4) is 0 Å². The highest BCUT2D eigenvalue weighted by Crippen LogP contribution is 2.27. The zero-order chi connectivity index (χ0) is 9.52. The van der Waals surface area contributed by atoms with Gasteiger partial charge in [-0.2, -0.15) is 0 Å². The average Bonchev–Trinajstić information content (AvgIpc) is 2.92. The summed E-state index contributed by atoms with van der Waals surface area (Å²) in [6, 6.07) is 0. The van der Waals surface area contributed by atoms with Crippen LogP contribution in [-0.2, 0) is 4.79 Å². The second-order valence-corrected chi connectivity index (χ2v) is 3.28. The molecule has 0 heterocycles. The van der Waals surface area contributed by atoms with Crippen molar-refractivity contribution in [3.05, 3.63) is 0 Å². The maximum Gasteiger partial charge on any atom is 0.233 e. The molecule has 0 saturated heterocycles. The molecule has 0 aliphatic heterocycles. The molecule has 0 atom stereocenters. The highest BCUT2D eigenvalue weighted by molar-refractivity contribution is 5.78. The number of hydrogen-bond acceptors (Lipinski definition) is 2. The second kappa shape index (κ2) is 5.60. The number of hydrogen-bond donors (Lipinski definition) is 2. The first kappa shape index (κ1) is 10.1. The number of amides is 1. The molecule has 1 aliphatic carbocycles. The standard InChI is InChI=1S/C10H16N2O/c1-2-3-6-11-8-10(13)12-7-9-4-5-9/h9,11H,4-8H2,1H3,(H,12,13). The molecule has 1 aliphatic rings. The van der Waals surface area contributed by atoms with Crippen molar-refractivity contribution in [2.75, 3.05) is 19.6 Å². The van der Waals surface area contributed by atoms with Gasteiger partial charge in [-0.05, 0) is 25.7 Å². The Balaban J connectivity index is 1.92. The van der Waals surface area contributed by atoms with Crippen LogP contribution in [0.2, 0.25) is 0 Å². The van der Waals surface area contributed by atoms with Gasteiger partial charge in [0.1, 0.15) is 0 Å². The lowest BCUT2D eigenvalue weighted by molar-refractivity contribution is -0.120. The van der Waals surface area contributed by atoms with Crippen molar-refractivity contribution >= 4 is 5.91 Å². The molecule has 0 aromatic carbocycles. The molecule has 1 saturated carbocycles. The molecular formula is C10H16N2O. The van der Waals surface area contributed by atoms with Crippen molar-refractivity contribution < 1.29 is 4.79 Å². The Labute approximate surface area is 79.3 Å². The molecule has 0 bridgehead atoms. The van der Waals surface area contributed by atoms with Crippen molar-refractivity contribution in [2.45, 2.75) is 19.8 Å². The molecule has 0 unspecified atom stereocenters. The Morgan fingerprint density at radius 1 is 1.54 bits per heavy atom. The number of carbonyl (C=O) groups excluding carboxylic acids is 1. The summed E-state index contributed by atoms with van der Waals surface area (Å²) >= 11 is 0. The lowest BCUT2D eigenvalue weighted by atomic mass is 10.4. The van der Waals surface area contributed by atoms with Gasteiger partial charge in [0, 0.05) is 6.54 Å². The van der Waals surface area contributed by atoms with Gasteiger partial charge < -0.3 is 5.32 Å². The summed E-state index contributed by atoms with van der Waals surface area (Å²) in [5.74, 6) is 6.42. The summed E-state index contributed by atoms with van der Waals surface area (Å²) in [7, 11) is 0. The molecule has 1 amide bonds. The summed E-state index contributed by atoms with van der Waals surface area (Å²) in [5, 5.41) is 5.82. The summed E-state index contributed by atoms with van der Waals surface area (Å²) in [6.45, 7) is 3.60. The highest BCUT2D eigenvalue weighted by Gasteiger charge is 2.21. The fourth-order valence-corrected chi connectivity index (χ4v) is 0.970. The number of carbonyl (C=O) groups is 1. The molecule has 3 heteroatoms. The third-order valence-corrected chi connectivity index (χ3v) is 1.96. The predicted octanol–water partition coefficient (Wildman–Crippen LogP) is 0.125. The molecule has 2 N–H and O–H groups in total. The maximum absolute atomic E-state index is 11.1. The Kier molecular flexibility index (Phi) is 4.34. The summed E-state index contributed by atoms with van der Waals surface area (Å²) in [6.07, 6.45) is 2.55. The van der Waals surface area contributed by atoms with E-state index in [2.05, 4.69) is 22.5 Å². The van der Waals surface area contributed by atoms with Crippen molar-refractivity contribution in [1.82, 2.24) is 10.6 Å². The molecule has 0 spiro atoms. The molecular weight excluding hydrogens is 164 g/mol. The van der Waals surface area contributed by atoms with E-state index in [9.17, 15) is 4.79 Å².